The summed E-state index contributed by atoms with van der Waals surface area (Å²) in [6.45, 7) is 0. The number of halogens is 4. The summed E-state index contributed by atoms with van der Waals surface area (Å²) in [6.07, 6.45) is 16.6. The Bertz CT molecular complexity index is 729. The van der Waals surface area contributed by atoms with Crippen molar-refractivity contribution in [1.29, 1.82) is 0 Å². The Morgan fingerprint density at radius 2 is 1.18 bits per heavy atom. The molecule has 3 saturated carbocycles. The third kappa shape index (κ3) is 7.03. The molecule has 0 N–H and O–H groups in total. The normalized spacial score (nSPS) is 33.9. The molecule has 0 aliphatic heterocycles. The molecule has 4 heteroatoms. The van der Waals surface area contributed by atoms with Gasteiger partial charge in [-0.1, -0.05) is 55.5 Å². The molecule has 3 aliphatic rings. The number of hydrogen-bond acceptors (Lipinski definition) is 0. The van der Waals surface area contributed by atoms with E-state index in [0.717, 1.165) is 42.1 Å². The zero-order valence-corrected chi connectivity index (χ0v) is 20.6. The lowest BCUT2D eigenvalue weighted by molar-refractivity contribution is -0.137. The number of alkyl halides is 3. The predicted molar refractivity (Wildman–Crippen MR) is 131 cm³/mol. The molecular weight excluding hydrogens is 441 g/mol. The lowest BCUT2D eigenvalue weighted by Crippen LogP contribution is -2.25. The van der Waals surface area contributed by atoms with E-state index in [4.69, 9.17) is 11.6 Å². The largest absolute Gasteiger partial charge is 0.416 e. The van der Waals surface area contributed by atoms with Crippen LogP contribution in [0.25, 0.3) is 0 Å². The van der Waals surface area contributed by atoms with Crippen LogP contribution in [0.3, 0.4) is 0 Å². The summed E-state index contributed by atoms with van der Waals surface area (Å²) in [6, 6.07) is 5.90. The van der Waals surface area contributed by atoms with E-state index in [1.807, 2.05) is 0 Å². The van der Waals surface area contributed by atoms with Gasteiger partial charge in [0.2, 0.25) is 0 Å². The first-order valence-corrected chi connectivity index (χ1v) is 13.8. The summed E-state index contributed by atoms with van der Waals surface area (Å²) in [4.78, 5) is 0. The van der Waals surface area contributed by atoms with Gasteiger partial charge in [0.15, 0.2) is 0 Å². The molecule has 1 aromatic rings. The molecule has 0 spiro atoms. The molecule has 0 bridgehead atoms. The van der Waals surface area contributed by atoms with Crippen LogP contribution in [-0.2, 0) is 6.18 Å². The van der Waals surface area contributed by atoms with Gasteiger partial charge in [0.25, 0.3) is 0 Å². The first kappa shape index (κ1) is 25.1. The molecule has 0 nitrogen and oxygen atoms in total. The Hall–Kier alpha value is -0.960. The Kier molecular flexibility index (Phi) is 8.87. The quantitative estimate of drug-likeness (QED) is 0.379. The Balaban J connectivity index is 1.13. The number of benzene rings is 1. The minimum atomic E-state index is -4.24. The van der Waals surface area contributed by atoms with E-state index in [1.54, 1.807) is 17.7 Å². The van der Waals surface area contributed by atoms with E-state index in [1.165, 1.54) is 89.2 Å². The smallest absolute Gasteiger partial charge is 0.166 e. The maximum atomic E-state index is 12.8. The average Bonchev–Trinajstić information content (AvgIpc) is 2.84. The summed E-state index contributed by atoms with van der Waals surface area (Å²) in [5.74, 6) is 4.80. The van der Waals surface area contributed by atoms with Crippen LogP contribution in [0, 0.1) is 29.6 Å². The Labute approximate surface area is 203 Å². The highest BCUT2D eigenvalue weighted by atomic mass is 35.5. The fraction of sp³-hybridized carbons (Fsp3) is 0.724. The monoisotopic (exact) mass is 480 g/mol. The average molecular weight is 481 g/mol. The van der Waals surface area contributed by atoms with Crippen LogP contribution in [0.15, 0.2) is 35.9 Å². The molecule has 0 amide bonds. The van der Waals surface area contributed by atoms with Gasteiger partial charge in [-0.05, 0) is 117 Å². The molecule has 3 fully saturated rings. The topological polar surface area (TPSA) is 0 Å². The summed E-state index contributed by atoms with van der Waals surface area (Å²) < 4.78 is 38.4. The highest BCUT2D eigenvalue weighted by molar-refractivity contribution is 6.25. The van der Waals surface area contributed by atoms with Crippen molar-refractivity contribution in [2.45, 2.75) is 102 Å². The standard InChI is InChI=1S/C29H40ClF3/c30-20-19-23-7-13-25(14-8-23)24-9-3-21(4-10-24)1-2-22-5-11-26(12-6-22)27-15-17-28(18-16-27)29(31,32)33/h15-26H,1-14H2/b20-19+/t21?,22-,23-,24?,25-,26-. The molecule has 3 aliphatic carbocycles. The van der Waals surface area contributed by atoms with Crippen molar-refractivity contribution >= 4 is 11.6 Å². The molecule has 33 heavy (non-hydrogen) atoms. The summed E-state index contributed by atoms with van der Waals surface area (Å²) in [7, 11) is 0. The van der Waals surface area contributed by atoms with Gasteiger partial charge in [-0.3, -0.25) is 0 Å². The lowest BCUT2D eigenvalue weighted by Gasteiger charge is -2.38. The molecular formula is C29H40ClF3. The maximum Gasteiger partial charge on any atom is 0.416 e. The molecule has 0 saturated heterocycles. The van der Waals surface area contributed by atoms with Crippen molar-refractivity contribution in [1.82, 2.24) is 0 Å². The van der Waals surface area contributed by atoms with Gasteiger partial charge in [-0.15, -0.1) is 0 Å². The van der Waals surface area contributed by atoms with Crippen molar-refractivity contribution in [2.75, 3.05) is 0 Å². The van der Waals surface area contributed by atoms with Crippen molar-refractivity contribution in [2.24, 2.45) is 29.6 Å². The SMILES string of the molecule is FC(F)(F)c1ccc([C@H]2CC[C@H](CCC3CCC([C@H]4CC[C@H](/C=C/Cl)CC4)CC3)CC2)cc1. The van der Waals surface area contributed by atoms with Crippen molar-refractivity contribution in [3.05, 3.63) is 47.0 Å². The fourth-order valence-corrected chi connectivity index (χ4v) is 7.27. The number of hydrogen-bond donors (Lipinski definition) is 0. The van der Waals surface area contributed by atoms with Crippen LogP contribution in [0.2, 0.25) is 0 Å². The van der Waals surface area contributed by atoms with Crippen LogP contribution < -0.4 is 0 Å². The zero-order valence-electron chi connectivity index (χ0n) is 19.8. The van der Waals surface area contributed by atoms with E-state index in [9.17, 15) is 13.2 Å². The predicted octanol–water partition coefficient (Wildman–Crippen LogP) is 10.1. The highest BCUT2D eigenvalue weighted by Crippen LogP contribution is 2.44. The second-order valence-corrected chi connectivity index (χ2v) is 11.4. The highest BCUT2D eigenvalue weighted by Gasteiger charge is 2.32. The fourth-order valence-electron chi connectivity index (χ4n) is 7.06. The number of rotatable bonds is 6. The van der Waals surface area contributed by atoms with Gasteiger partial charge < -0.3 is 0 Å². The van der Waals surface area contributed by atoms with E-state index in [2.05, 4.69) is 6.08 Å². The van der Waals surface area contributed by atoms with Gasteiger partial charge in [0, 0.05) is 5.54 Å². The Morgan fingerprint density at radius 1 is 0.697 bits per heavy atom. The lowest BCUT2D eigenvalue weighted by atomic mass is 9.68. The molecule has 0 heterocycles. The van der Waals surface area contributed by atoms with E-state index < -0.39 is 11.7 Å². The van der Waals surface area contributed by atoms with Crippen molar-refractivity contribution in [3.63, 3.8) is 0 Å². The molecule has 0 atom stereocenters. The maximum absolute atomic E-state index is 12.8. The van der Waals surface area contributed by atoms with Crippen LogP contribution in [0.4, 0.5) is 13.2 Å². The van der Waals surface area contributed by atoms with E-state index >= 15 is 0 Å². The van der Waals surface area contributed by atoms with Crippen molar-refractivity contribution < 1.29 is 13.2 Å². The van der Waals surface area contributed by atoms with E-state index in [-0.39, 0.29) is 0 Å². The first-order valence-electron chi connectivity index (χ1n) is 13.4. The first-order chi connectivity index (χ1) is 15.9. The summed E-state index contributed by atoms with van der Waals surface area (Å²) in [5, 5.41) is 0. The molecule has 1 aromatic carbocycles. The van der Waals surface area contributed by atoms with Gasteiger partial charge in [-0.25, -0.2) is 0 Å². The molecule has 0 radical (unpaired) electrons. The second-order valence-electron chi connectivity index (χ2n) is 11.2. The molecule has 4 rings (SSSR count). The van der Waals surface area contributed by atoms with Crippen LogP contribution in [-0.4, -0.2) is 0 Å². The zero-order chi connectivity index (χ0) is 23.3. The van der Waals surface area contributed by atoms with Gasteiger partial charge >= 0.3 is 6.18 Å². The molecule has 0 unspecified atom stereocenters. The minimum absolute atomic E-state index is 0.439. The van der Waals surface area contributed by atoms with Gasteiger partial charge in [0.1, 0.15) is 0 Å². The van der Waals surface area contributed by atoms with Crippen LogP contribution >= 0.6 is 11.6 Å². The van der Waals surface area contributed by atoms with Gasteiger partial charge in [-0.2, -0.15) is 13.2 Å². The van der Waals surface area contributed by atoms with Gasteiger partial charge in [0.05, 0.1) is 5.56 Å². The second kappa shape index (κ2) is 11.6. The molecule has 184 valence electrons. The summed E-state index contributed by atoms with van der Waals surface area (Å²) >= 11 is 5.76. The Morgan fingerprint density at radius 3 is 1.67 bits per heavy atom. The van der Waals surface area contributed by atoms with Crippen LogP contribution in [0.1, 0.15) is 107 Å². The van der Waals surface area contributed by atoms with Crippen molar-refractivity contribution in [3.8, 4) is 0 Å². The van der Waals surface area contributed by atoms with E-state index in [0.29, 0.717) is 11.8 Å². The summed E-state index contributed by atoms with van der Waals surface area (Å²) in [5.41, 5.74) is 2.26. The molecule has 0 aromatic heterocycles. The third-order valence-electron chi connectivity index (χ3n) is 9.26. The van der Waals surface area contributed by atoms with Crippen LogP contribution in [0.5, 0.6) is 0 Å². The number of allylic oxidation sites excluding steroid dienone is 1. The third-order valence-corrected chi connectivity index (χ3v) is 9.40. The minimum Gasteiger partial charge on any atom is -0.166 e.